The number of amides is 3. The minimum Gasteiger partial charge on any atom is -0.493 e. The number of ether oxygens (including phenoxy) is 3. The molecule has 0 radical (unpaired) electrons. The zero-order valence-corrected chi connectivity index (χ0v) is 31.3. The van der Waals surface area contributed by atoms with Crippen LogP contribution in [-0.4, -0.2) is 93.4 Å². The Morgan fingerprint density at radius 3 is 2.15 bits per heavy atom. The number of carbonyl (C=O) groups is 3. The first-order chi connectivity index (χ1) is 25.1. The lowest BCUT2D eigenvalue weighted by molar-refractivity contribution is -0.199. The first-order valence-corrected chi connectivity index (χ1v) is 18.5. The van der Waals surface area contributed by atoms with Gasteiger partial charge in [-0.05, 0) is 79.3 Å². The molecule has 0 aromatic heterocycles. The smallest absolute Gasteiger partial charge is 0.335 e. The number of primary amides is 1. The van der Waals surface area contributed by atoms with Gasteiger partial charge in [0.15, 0.2) is 11.5 Å². The molecule has 0 bridgehead atoms. The van der Waals surface area contributed by atoms with E-state index in [0.29, 0.717) is 84.8 Å². The number of nitrogens with two attached hydrogens (primary N) is 1. The molecule has 0 aliphatic carbocycles. The fourth-order valence-corrected chi connectivity index (χ4v) is 8.73. The Kier molecular flexibility index (Phi) is 11.7. The third kappa shape index (κ3) is 7.49. The maximum absolute atomic E-state index is 14.8. The van der Waals surface area contributed by atoms with Crippen LogP contribution in [0.3, 0.4) is 0 Å². The van der Waals surface area contributed by atoms with Gasteiger partial charge in [0.1, 0.15) is 5.41 Å². The Balaban J connectivity index is 1.42. The predicted molar refractivity (Wildman–Crippen MR) is 198 cm³/mol. The standard InChI is InChI=1S/C39H46Cl2N4O7/c1-49-33-21-27(22-34(50-2)35(33)51-3)36(46)43-17-13-26(23-43)29(19-25-11-12-31(40)32(41)20-25)30-24-44(38(42)48)18-14-39(30,28-9-5-4-6-10-28)37(47)52-45-15-7-8-16-45/h4-6,9-12,20-22,26,29-30H,7-8,13-19,23-24H2,1-3H3,(H2,42,48). The van der Waals surface area contributed by atoms with E-state index >= 15 is 0 Å². The van der Waals surface area contributed by atoms with Gasteiger partial charge < -0.3 is 34.6 Å². The van der Waals surface area contributed by atoms with Crippen molar-refractivity contribution in [2.24, 2.45) is 23.5 Å². The highest BCUT2D eigenvalue weighted by Gasteiger charge is 2.56. The molecule has 0 spiro atoms. The van der Waals surface area contributed by atoms with Crippen molar-refractivity contribution in [2.75, 3.05) is 60.6 Å². The molecule has 3 aromatic carbocycles. The molecule has 3 aromatic rings. The molecule has 4 unspecified atom stereocenters. The molecule has 3 heterocycles. The van der Waals surface area contributed by atoms with E-state index in [1.165, 1.54) is 21.3 Å². The van der Waals surface area contributed by atoms with Gasteiger partial charge in [-0.1, -0.05) is 59.6 Å². The van der Waals surface area contributed by atoms with Crippen LogP contribution in [-0.2, 0) is 21.5 Å². The lowest BCUT2D eigenvalue weighted by Crippen LogP contribution is -2.60. The average Bonchev–Trinajstić information content (AvgIpc) is 3.87. The summed E-state index contributed by atoms with van der Waals surface area (Å²) in [5, 5.41) is 2.62. The molecule has 0 saturated carbocycles. The van der Waals surface area contributed by atoms with Gasteiger partial charge in [-0.3, -0.25) is 4.79 Å². The van der Waals surface area contributed by atoms with E-state index in [2.05, 4.69) is 0 Å². The highest BCUT2D eigenvalue weighted by Crippen LogP contribution is 2.49. The minimum absolute atomic E-state index is 0.0686. The highest BCUT2D eigenvalue weighted by atomic mass is 35.5. The number of carbonyl (C=O) groups excluding carboxylic acids is 3. The zero-order chi connectivity index (χ0) is 37.0. The quantitative estimate of drug-likeness (QED) is 0.245. The second-order valence-electron chi connectivity index (χ2n) is 13.8. The Morgan fingerprint density at radius 1 is 0.846 bits per heavy atom. The topological polar surface area (TPSA) is 124 Å². The summed E-state index contributed by atoms with van der Waals surface area (Å²) in [6.07, 6.45) is 3.40. The van der Waals surface area contributed by atoms with Crippen molar-refractivity contribution < 1.29 is 33.4 Å². The maximum Gasteiger partial charge on any atom is 0.335 e. The largest absolute Gasteiger partial charge is 0.493 e. The van der Waals surface area contributed by atoms with Gasteiger partial charge in [0, 0.05) is 50.7 Å². The van der Waals surface area contributed by atoms with Gasteiger partial charge in [-0.15, -0.1) is 5.06 Å². The molecule has 3 aliphatic heterocycles. The van der Waals surface area contributed by atoms with Crippen molar-refractivity contribution in [1.82, 2.24) is 14.9 Å². The predicted octanol–water partition coefficient (Wildman–Crippen LogP) is 6.23. The van der Waals surface area contributed by atoms with Gasteiger partial charge in [0.25, 0.3) is 5.91 Å². The molecular weight excluding hydrogens is 707 g/mol. The number of piperidine rings is 1. The molecule has 2 N–H and O–H groups in total. The molecule has 3 amide bonds. The maximum atomic E-state index is 14.8. The van der Waals surface area contributed by atoms with Crippen LogP contribution in [0, 0.1) is 17.8 Å². The first kappa shape index (κ1) is 37.6. The summed E-state index contributed by atoms with van der Waals surface area (Å²) in [4.78, 5) is 51.5. The van der Waals surface area contributed by atoms with Gasteiger partial charge in [-0.2, -0.15) is 0 Å². The van der Waals surface area contributed by atoms with Crippen molar-refractivity contribution in [3.8, 4) is 17.2 Å². The fraction of sp³-hybridized carbons (Fsp3) is 0.462. The van der Waals surface area contributed by atoms with Gasteiger partial charge in [-0.25, -0.2) is 9.59 Å². The normalized spacial score (nSPS) is 22.6. The summed E-state index contributed by atoms with van der Waals surface area (Å²) in [5.74, 6) is -0.0617. The van der Waals surface area contributed by atoms with E-state index in [1.807, 2.05) is 47.4 Å². The number of benzene rings is 3. The summed E-state index contributed by atoms with van der Waals surface area (Å²) in [5.41, 5.74) is 7.01. The third-order valence-corrected chi connectivity index (χ3v) is 11.8. The van der Waals surface area contributed by atoms with Crippen LogP contribution in [0.15, 0.2) is 60.7 Å². The molecule has 3 saturated heterocycles. The van der Waals surface area contributed by atoms with Crippen LogP contribution in [0.2, 0.25) is 10.0 Å². The number of hydrogen-bond acceptors (Lipinski definition) is 8. The second kappa shape index (κ2) is 16.2. The number of hydrogen-bond donors (Lipinski definition) is 1. The number of urea groups is 1. The number of rotatable bonds is 11. The van der Waals surface area contributed by atoms with Gasteiger partial charge >= 0.3 is 12.0 Å². The van der Waals surface area contributed by atoms with E-state index in [-0.39, 0.29) is 30.3 Å². The molecule has 6 rings (SSSR count). The lowest BCUT2D eigenvalue weighted by Gasteiger charge is -2.50. The van der Waals surface area contributed by atoms with E-state index in [4.69, 9.17) is 48.0 Å². The van der Waals surface area contributed by atoms with Crippen molar-refractivity contribution >= 4 is 41.1 Å². The number of methoxy groups -OCH3 is 3. The number of likely N-dealkylation sites (tertiary alicyclic amines) is 2. The highest BCUT2D eigenvalue weighted by molar-refractivity contribution is 6.42. The van der Waals surface area contributed by atoms with Gasteiger partial charge in [0.2, 0.25) is 5.75 Å². The van der Waals surface area contributed by atoms with E-state index in [0.717, 1.165) is 24.0 Å². The van der Waals surface area contributed by atoms with Crippen LogP contribution < -0.4 is 19.9 Å². The Morgan fingerprint density at radius 2 is 1.54 bits per heavy atom. The Hall–Kier alpha value is -4.19. The summed E-state index contributed by atoms with van der Waals surface area (Å²) in [6.45, 7) is 2.78. The number of halogens is 2. The lowest BCUT2D eigenvalue weighted by atomic mass is 9.58. The third-order valence-electron chi connectivity index (χ3n) is 11.1. The molecule has 13 heteroatoms. The van der Waals surface area contributed by atoms with Crippen LogP contribution in [0.1, 0.15) is 47.2 Å². The molecule has 3 fully saturated rings. The second-order valence-corrected chi connectivity index (χ2v) is 14.6. The summed E-state index contributed by atoms with van der Waals surface area (Å²) >= 11 is 12.9. The van der Waals surface area contributed by atoms with Crippen LogP contribution in [0.4, 0.5) is 4.79 Å². The number of hydroxylamine groups is 2. The molecule has 52 heavy (non-hydrogen) atoms. The Labute approximate surface area is 314 Å². The van der Waals surface area contributed by atoms with E-state index < -0.39 is 17.4 Å². The molecule has 3 aliphatic rings. The zero-order valence-electron chi connectivity index (χ0n) is 29.8. The first-order valence-electron chi connectivity index (χ1n) is 17.7. The van der Waals surface area contributed by atoms with Crippen molar-refractivity contribution in [1.29, 1.82) is 0 Å². The molecule has 11 nitrogen and oxygen atoms in total. The Bertz CT molecular complexity index is 1750. The van der Waals surface area contributed by atoms with E-state index in [1.54, 1.807) is 28.2 Å². The molecule has 278 valence electrons. The monoisotopic (exact) mass is 752 g/mol. The minimum atomic E-state index is -1.11. The average molecular weight is 754 g/mol. The van der Waals surface area contributed by atoms with Crippen molar-refractivity contribution in [3.05, 3.63) is 87.4 Å². The van der Waals surface area contributed by atoms with Gasteiger partial charge in [0.05, 0.1) is 31.4 Å². The van der Waals surface area contributed by atoms with Crippen LogP contribution >= 0.6 is 23.2 Å². The van der Waals surface area contributed by atoms with Crippen LogP contribution in [0.5, 0.6) is 17.2 Å². The SMILES string of the molecule is COc1cc(C(=O)N2CCC(C(Cc3ccc(Cl)c(Cl)c3)C3CN(C(N)=O)CCC3(C(=O)ON3CCCC3)c3ccccc3)C2)cc(OC)c1OC. The summed E-state index contributed by atoms with van der Waals surface area (Å²) in [6, 6.07) is 18.1. The fourth-order valence-electron chi connectivity index (χ4n) is 8.41. The van der Waals surface area contributed by atoms with Crippen molar-refractivity contribution in [2.45, 2.75) is 37.5 Å². The summed E-state index contributed by atoms with van der Waals surface area (Å²) in [7, 11) is 4.54. The van der Waals surface area contributed by atoms with E-state index in [9.17, 15) is 14.4 Å². The molecular formula is C39H46Cl2N4O7. The summed E-state index contributed by atoms with van der Waals surface area (Å²) < 4.78 is 16.5. The molecule has 4 atom stereocenters. The van der Waals surface area contributed by atoms with Crippen LogP contribution in [0.25, 0.3) is 0 Å². The number of nitrogens with zero attached hydrogens (tertiary/aromatic N) is 3. The van der Waals surface area contributed by atoms with Crippen molar-refractivity contribution in [3.63, 3.8) is 0 Å².